The zero-order valence-electron chi connectivity index (χ0n) is 20.1. The molecule has 3 heterocycles. The van der Waals surface area contributed by atoms with Crippen LogP contribution < -0.4 is 14.8 Å². The largest absolute Gasteiger partial charge is 0.486 e. The van der Waals surface area contributed by atoms with Crippen LogP contribution in [-0.4, -0.2) is 77.3 Å². The standard InChI is InChI=1S/C26H37N3O5/c1-2-29-24(31)22(23(30)19-6-4-3-5-7-19)27-25(32)26(29)10-12-28(13-11-26)17-18-8-9-20-21(16-18)34-15-14-33-20/h8-9,16,19,22-23,30H,2-7,10-15,17H2,1H3,(H,27,32)/t22-,23-/m1/s1. The highest BCUT2D eigenvalue weighted by atomic mass is 16.6. The minimum absolute atomic E-state index is 0.0867. The zero-order chi connectivity index (χ0) is 23.7. The number of fused-ring (bicyclic) bond motifs is 1. The lowest BCUT2D eigenvalue weighted by Gasteiger charge is -2.52. The number of benzene rings is 1. The Morgan fingerprint density at radius 3 is 2.50 bits per heavy atom. The van der Waals surface area contributed by atoms with Gasteiger partial charge in [0, 0.05) is 26.2 Å². The fourth-order valence-electron chi connectivity index (χ4n) is 6.30. The molecule has 5 rings (SSSR count). The molecule has 4 aliphatic rings. The lowest BCUT2D eigenvalue weighted by Crippen LogP contribution is -2.74. The molecule has 0 bridgehead atoms. The van der Waals surface area contributed by atoms with Crippen molar-refractivity contribution >= 4 is 11.8 Å². The van der Waals surface area contributed by atoms with Gasteiger partial charge in [-0.05, 0) is 56.2 Å². The van der Waals surface area contributed by atoms with E-state index in [1.807, 2.05) is 19.1 Å². The quantitative estimate of drug-likeness (QED) is 0.683. The first-order valence-electron chi connectivity index (χ1n) is 12.9. The van der Waals surface area contributed by atoms with Gasteiger partial charge >= 0.3 is 0 Å². The molecule has 3 aliphatic heterocycles. The van der Waals surface area contributed by atoms with Gasteiger partial charge in [0.25, 0.3) is 0 Å². The van der Waals surface area contributed by atoms with E-state index in [2.05, 4.69) is 16.3 Å². The number of hydrogen-bond acceptors (Lipinski definition) is 6. The Bertz CT molecular complexity index is 908. The first-order valence-corrected chi connectivity index (χ1v) is 12.9. The van der Waals surface area contributed by atoms with E-state index in [0.717, 1.165) is 62.4 Å². The van der Waals surface area contributed by atoms with Gasteiger partial charge < -0.3 is 24.8 Å². The Hall–Kier alpha value is -2.32. The number of ether oxygens (including phenoxy) is 2. The van der Waals surface area contributed by atoms with Gasteiger partial charge in [-0.3, -0.25) is 14.5 Å². The minimum Gasteiger partial charge on any atom is -0.486 e. The number of amides is 2. The molecule has 0 aromatic heterocycles. The highest BCUT2D eigenvalue weighted by molar-refractivity contribution is 6.00. The van der Waals surface area contributed by atoms with E-state index in [-0.39, 0.29) is 17.7 Å². The Morgan fingerprint density at radius 2 is 1.79 bits per heavy atom. The van der Waals surface area contributed by atoms with Gasteiger partial charge in [0.1, 0.15) is 24.8 Å². The first-order chi connectivity index (χ1) is 16.5. The van der Waals surface area contributed by atoms with Crippen LogP contribution in [0.2, 0.25) is 0 Å². The molecule has 0 radical (unpaired) electrons. The topological polar surface area (TPSA) is 91.3 Å². The molecule has 1 aromatic carbocycles. The van der Waals surface area contributed by atoms with Gasteiger partial charge in [-0.2, -0.15) is 0 Å². The van der Waals surface area contributed by atoms with Crippen molar-refractivity contribution in [2.75, 3.05) is 32.8 Å². The van der Waals surface area contributed by atoms with Crippen LogP contribution in [0.4, 0.5) is 0 Å². The molecule has 34 heavy (non-hydrogen) atoms. The van der Waals surface area contributed by atoms with Gasteiger partial charge in [-0.1, -0.05) is 25.3 Å². The van der Waals surface area contributed by atoms with Crippen molar-refractivity contribution in [3.63, 3.8) is 0 Å². The summed E-state index contributed by atoms with van der Waals surface area (Å²) in [5.74, 6) is 1.43. The van der Waals surface area contributed by atoms with Crippen molar-refractivity contribution in [2.45, 2.75) is 76.1 Å². The van der Waals surface area contributed by atoms with E-state index < -0.39 is 17.7 Å². The number of carbonyl (C=O) groups excluding carboxylic acids is 2. The molecule has 3 fully saturated rings. The summed E-state index contributed by atoms with van der Waals surface area (Å²) < 4.78 is 11.3. The third kappa shape index (κ3) is 4.26. The minimum atomic E-state index is -0.822. The maximum absolute atomic E-state index is 13.5. The van der Waals surface area contributed by atoms with Crippen molar-refractivity contribution in [3.8, 4) is 11.5 Å². The van der Waals surface area contributed by atoms with E-state index in [1.54, 1.807) is 4.90 Å². The highest BCUT2D eigenvalue weighted by Crippen LogP contribution is 2.37. The monoisotopic (exact) mass is 471 g/mol. The molecule has 1 aliphatic carbocycles. The Labute approximate surface area is 201 Å². The summed E-state index contributed by atoms with van der Waals surface area (Å²) >= 11 is 0. The van der Waals surface area contributed by atoms with Gasteiger partial charge in [0.2, 0.25) is 11.8 Å². The summed E-state index contributed by atoms with van der Waals surface area (Å²) in [6.07, 6.45) is 5.57. The van der Waals surface area contributed by atoms with E-state index in [9.17, 15) is 14.7 Å². The maximum atomic E-state index is 13.5. The molecule has 8 nitrogen and oxygen atoms in total. The number of rotatable bonds is 5. The number of piperidine rings is 1. The number of hydrogen-bond donors (Lipinski definition) is 2. The van der Waals surface area contributed by atoms with E-state index in [4.69, 9.17) is 9.47 Å². The summed E-state index contributed by atoms with van der Waals surface area (Å²) in [4.78, 5) is 31.0. The average Bonchev–Trinajstić information content (AvgIpc) is 2.88. The molecule has 0 unspecified atom stereocenters. The third-order valence-corrected chi connectivity index (χ3v) is 8.24. The van der Waals surface area contributed by atoms with Gasteiger partial charge in [0.05, 0.1) is 6.10 Å². The fraction of sp³-hybridized carbons (Fsp3) is 0.692. The number of carbonyl (C=O) groups is 2. The van der Waals surface area contributed by atoms with Gasteiger partial charge in [-0.25, -0.2) is 0 Å². The first kappa shape index (κ1) is 23.4. The number of piperazine rings is 1. The molecular formula is C26H37N3O5. The summed E-state index contributed by atoms with van der Waals surface area (Å²) in [6, 6.07) is 5.23. The summed E-state index contributed by atoms with van der Waals surface area (Å²) in [5.41, 5.74) is 0.324. The van der Waals surface area contributed by atoms with Crippen molar-refractivity contribution in [2.24, 2.45) is 5.92 Å². The molecule has 1 aromatic rings. The maximum Gasteiger partial charge on any atom is 0.248 e. The number of nitrogens with zero attached hydrogens (tertiary/aromatic N) is 2. The van der Waals surface area contributed by atoms with Gasteiger partial charge in [0.15, 0.2) is 11.5 Å². The smallest absolute Gasteiger partial charge is 0.248 e. The second-order valence-electron chi connectivity index (χ2n) is 10.2. The Morgan fingerprint density at radius 1 is 1.09 bits per heavy atom. The SMILES string of the molecule is CCN1C(=O)[C@@H]([C@H](O)C2CCCCC2)NC(=O)C12CCN(Cc1ccc3c(c1)OCCO3)CC2. The molecule has 2 atom stereocenters. The van der Waals surface area contributed by atoms with Gasteiger partial charge in [-0.15, -0.1) is 0 Å². The number of nitrogens with one attached hydrogen (secondary N) is 1. The molecular weight excluding hydrogens is 434 g/mol. The number of aliphatic hydroxyl groups excluding tert-OH is 1. The van der Waals surface area contributed by atoms with Crippen LogP contribution in [0, 0.1) is 5.92 Å². The molecule has 2 N–H and O–H groups in total. The molecule has 2 amide bonds. The molecule has 186 valence electrons. The van der Waals surface area contributed by atoms with Crippen molar-refractivity contribution in [3.05, 3.63) is 23.8 Å². The van der Waals surface area contributed by atoms with Crippen LogP contribution in [0.3, 0.4) is 0 Å². The van der Waals surface area contributed by atoms with Crippen LogP contribution in [0.25, 0.3) is 0 Å². The fourth-order valence-corrected chi connectivity index (χ4v) is 6.30. The highest BCUT2D eigenvalue weighted by Gasteiger charge is 2.54. The number of likely N-dealkylation sites (N-methyl/N-ethyl adjacent to an activating group) is 1. The van der Waals surface area contributed by atoms with Crippen LogP contribution in [0.15, 0.2) is 18.2 Å². The van der Waals surface area contributed by atoms with Crippen LogP contribution in [-0.2, 0) is 16.1 Å². The molecule has 1 saturated carbocycles. The van der Waals surface area contributed by atoms with Crippen molar-refractivity contribution < 1.29 is 24.2 Å². The van der Waals surface area contributed by atoms with E-state index in [0.29, 0.717) is 32.6 Å². The molecule has 2 saturated heterocycles. The lowest BCUT2D eigenvalue weighted by atomic mass is 9.78. The van der Waals surface area contributed by atoms with Crippen LogP contribution in [0.5, 0.6) is 11.5 Å². The molecule has 1 spiro atoms. The second-order valence-corrected chi connectivity index (χ2v) is 10.2. The molecule has 8 heteroatoms. The number of aliphatic hydroxyl groups is 1. The lowest BCUT2D eigenvalue weighted by molar-refractivity contribution is -0.165. The number of likely N-dealkylation sites (tertiary alicyclic amines) is 1. The zero-order valence-corrected chi connectivity index (χ0v) is 20.1. The predicted molar refractivity (Wildman–Crippen MR) is 127 cm³/mol. The van der Waals surface area contributed by atoms with Crippen LogP contribution in [0.1, 0.15) is 57.4 Å². The Balaban J connectivity index is 1.24. The second kappa shape index (κ2) is 9.74. The van der Waals surface area contributed by atoms with Crippen LogP contribution >= 0.6 is 0 Å². The summed E-state index contributed by atoms with van der Waals surface area (Å²) in [5, 5.41) is 13.9. The predicted octanol–water partition coefficient (Wildman–Crippen LogP) is 2.08. The van der Waals surface area contributed by atoms with E-state index >= 15 is 0 Å². The van der Waals surface area contributed by atoms with Crippen molar-refractivity contribution in [1.29, 1.82) is 0 Å². The van der Waals surface area contributed by atoms with Crippen molar-refractivity contribution in [1.82, 2.24) is 15.1 Å². The summed E-state index contributed by atoms with van der Waals surface area (Å²) in [7, 11) is 0. The Kier molecular flexibility index (Phi) is 6.71. The van der Waals surface area contributed by atoms with E-state index in [1.165, 1.54) is 6.42 Å². The summed E-state index contributed by atoms with van der Waals surface area (Å²) in [6.45, 7) is 5.76. The normalized spacial score (nSPS) is 26.4. The average molecular weight is 472 g/mol. The third-order valence-electron chi connectivity index (χ3n) is 8.24.